The highest BCUT2D eigenvalue weighted by atomic mass is 16.5. The second-order valence-electron chi connectivity index (χ2n) is 4.64. The van der Waals surface area contributed by atoms with Gasteiger partial charge in [0, 0.05) is 12.6 Å². The summed E-state index contributed by atoms with van der Waals surface area (Å²) in [5, 5.41) is 19.0. The van der Waals surface area contributed by atoms with Crippen LogP contribution in [-0.4, -0.2) is 28.9 Å². The van der Waals surface area contributed by atoms with E-state index in [-0.39, 0.29) is 18.5 Å². The fourth-order valence-corrected chi connectivity index (χ4v) is 1.93. The number of carbonyl (C=O) groups excluding carboxylic acids is 1. The van der Waals surface area contributed by atoms with Crippen LogP contribution in [0.4, 0.5) is 4.79 Å². The van der Waals surface area contributed by atoms with Crippen LogP contribution in [0.15, 0.2) is 10.6 Å². The van der Waals surface area contributed by atoms with Crippen LogP contribution in [0.25, 0.3) is 0 Å². The number of hydrogen-bond acceptors (Lipinski definition) is 4. The second-order valence-corrected chi connectivity index (χ2v) is 4.64. The van der Waals surface area contributed by atoms with Crippen molar-refractivity contribution in [2.75, 3.05) is 6.54 Å². The van der Waals surface area contributed by atoms with E-state index in [1.165, 1.54) is 0 Å². The van der Waals surface area contributed by atoms with Crippen molar-refractivity contribution in [3.63, 3.8) is 0 Å². The molecule has 0 bridgehead atoms. The van der Waals surface area contributed by atoms with Gasteiger partial charge in [0.15, 0.2) is 0 Å². The quantitative estimate of drug-likeness (QED) is 0.701. The Kier molecular flexibility index (Phi) is 6.35. The molecular formula is C13H23N3O3. The second kappa shape index (κ2) is 7.78. The van der Waals surface area contributed by atoms with Gasteiger partial charge < -0.3 is 20.3 Å². The van der Waals surface area contributed by atoms with Crippen LogP contribution in [0.1, 0.15) is 38.1 Å². The third kappa shape index (κ3) is 5.30. The van der Waals surface area contributed by atoms with E-state index in [1.807, 2.05) is 13.8 Å². The summed E-state index contributed by atoms with van der Waals surface area (Å²) in [7, 11) is 0. The minimum absolute atomic E-state index is 0.221. The minimum atomic E-state index is -0.505. The maximum absolute atomic E-state index is 11.5. The number of nitrogens with one attached hydrogen (secondary N) is 2. The SMILES string of the molecule is CCC(CC)C(O)CNC(=O)NCc1cc(C)on1. The standard InChI is InChI=1S/C13H23N3O3/c1-4-10(5-2)12(17)8-15-13(18)14-7-11-6-9(3)19-16-11/h6,10,12,17H,4-5,7-8H2,1-3H3,(H2,14,15,18). The van der Waals surface area contributed by atoms with Crippen molar-refractivity contribution in [1.29, 1.82) is 0 Å². The van der Waals surface area contributed by atoms with E-state index in [1.54, 1.807) is 13.0 Å². The molecule has 1 atom stereocenters. The van der Waals surface area contributed by atoms with E-state index in [9.17, 15) is 9.90 Å². The highest BCUT2D eigenvalue weighted by Crippen LogP contribution is 2.12. The average molecular weight is 269 g/mol. The van der Waals surface area contributed by atoms with E-state index >= 15 is 0 Å². The number of aryl methyl sites for hydroxylation is 1. The van der Waals surface area contributed by atoms with Crippen molar-refractivity contribution in [1.82, 2.24) is 15.8 Å². The van der Waals surface area contributed by atoms with Gasteiger partial charge in [0.2, 0.25) is 0 Å². The molecule has 0 aliphatic rings. The number of hydrogen-bond donors (Lipinski definition) is 3. The van der Waals surface area contributed by atoms with Gasteiger partial charge in [0.25, 0.3) is 0 Å². The molecule has 3 N–H and O–H groups in total. The highest BCUT2D eigenvalue weighted by Gasteiger charge is 2.16. The molecule has 19 heavy (non-hydrogen) atoms. The fourth-order valence-electron chi connectivity index (χ4n) is 1.93. The van der Waals surface area contributed by atoms with E-state index in [2.05, 4.69) is 15.8 Å². The lowest BCUT2D eigenvalue weighted by Gasteiger charge is -2.20. The van der Waals surface area contributed by atoms with Crippen LogP contribution in [0, 0.1) is 12.8 Å². The van der Waals surface area contributed by atoms with Crippen molar-refractivity contribution in [3.05, 3.63) is 17.5 Å². The lowest BCUT2D eigenvalue weighted by molar-refractivity contribution is 0.103. The molecule has 0 fully saturated rings. The van der Waals surface area contributed by atoms with Crippen LogP contribution in [-0.2, 0) is 6.54 Å². The molecule has 0 aliphatic carbocycles. The Morgan fingerprint density at radius 3 is 2.63 bits per heavy atom. The first-order valence-corrected chi connectivity index (χ1v) is 6.68. The average Bonchev–Trinajstić information content (AvgIpc) is 2.81. The summed E-state index contributed by atoms with van der Waals surface area (Å²) >= 11 is 0. The Hall–Kier alpha value is -1.56. The van der Waals surface area contributed by atoms with Gasteiger partial charge in [0.1, 0.15) is 11.5 Å². The molecule has 0 aromatic carbocycles. The third-order valence-corrected chi connectivity index (χ3v) is 3.17. The zero-order valence-electron chi connectivity index (χ0n) is 11.8. The van der Waals surface area contributed by atoms with Crippen molar-refractivity contribution < 1.29 is 14.4 Å². The Balaban J connectivity index is 2.24. The Labute approximate surface area is 113 Å². The van der Waals surface area contributed by atoms with Crippen molar-refractivity contribution in [2.45, 2.75) is 46.3 Å². The van der Waals surface area contributed by atoms with Crippen LogP contribution in [0.2, 0.25) is 0 Å². The first-order valence-electron chi connectivity index (χ1n) is 6.68. The molecule has 1 heterocycles. The van der Waals surface area contributed by atoms with Gasteiger partial charge in [-0.2, -0.15) is 0 Å². The Morgan fingerprint density at radius 2 is 2.11 bits per heavy atom. The predicted molar refractivity (Wildman–Crippen MR) is 71.6 cm³/mol. The summed E-state index contributed by atoms with van der Waals surface area (Å²) in [5.74, 6) is 0.930. The van der Waals surface area contributed by atoms with Crippen LogP contribution < -0.4 is 10.6 Å². The molecule has 1 unspecified atom stereocenters. The number of aromatic nitrogens is 1. The van der Waals surface area contributed by atoms with Crippen LogP contribution in [0.3, 0.4) is 0 Å². The molecule has 0 spiro atoms. The minimum Gasteiger partial charge on any atom is -0.391 e. The molecule has 1 rings (SSSR count). The van der Waals surface area contributed by atoms with Crippen LogP contribution in [0.5, 0.6) is 0 Å². The molecule has 0 aliphatic heterocycles. The topological polar surface area (TPSA) is 87.4 Å². The molecule has 2 amide bonds. The van der Waals surface area contributed by atoms with E-state index < -0.39 is 6.10 Å². The maximum Gasteiger partial charge on any atom is 0.315 e. The van der Waals surface area contributed by atoms with Gasteiger partial charge in [-0.25, -0.2) is 4.79 Å². The van der Waals surface area contributed by atoms with E-state index in [4.69, 9.17) is 4.52 Å². The first-order chi connectivity index (χ1) is 9.06. The number of amides is 2. The zero-order chi connectivity index (χ0) is 14.3. The highest BCUT2D eigenvalue weighted by molar-refractivity contribution is 5.73. The summed E-state index contributed by atoms with van der Waals surface area (Å²) in [6, 6.07) is 1.45. The third-order valence-electron chi connectivity index (χ3n) is 3.17. The zero-order valence-corrected chi connectivity index (χ0v) is 11.8. The molecule has 0 saturated heterocycles. The van der Waals surface area contributed by atoms with Gasteiger partial charge in [-0.3, -0.25) is 0 Å². The molecule has 6 nitrogen and oxygen atoms in total. The molecule has 1 aromatic heterocycles. The van der Waals surface area contributed by atoms with Crippen LogP contribution >= 0.6 is 0 Å². The van der Waals surface area contributed by atoms with E-state index in [0.717, 1.165) is 12.8 Å². The number of carbonyl (C=O) groups is 1. The molecule has 0 saturated carbocycles. The lowest BCUT2D eigenvalue weighted by atomic mass is 9.97. The summed E-state index contributed by atoms with van der Waals surface area (Å²) in [6.07, 6.45) is 1.30. The van der Waals surface area contributed by atoms with Gasteiger partial charge in [-0.05, 0) is 12.8 Å². The molecule has 6 heteroatoms. The first kappa shape index (κ1) is 15.5. The summed E-state index contributed by atoms with van der Waals surface area (Å²) < 4.78 is 4.89. The maximum atomic E-state index is 11.5. The molecule has 108 valence electrons. The van der Waals surface area contributed by atoms with Crippen molar-refractivity contribution >= 4 is 6.03 Å². The van der Waals surface area contributed by atoms with Gasteiger partial charge >= 0.3 is 6.03 Å². The number of urea groups is 1. The van der Waals surface area contributed by atoms with Crippen molar-refractivity contribution in [3.8, 4) is 0 Å². The summed E-state index contributed by atoms with van der Waals surface area (Å²) in [4.78, 5) is 11.5. The molecule has 0 radical (unpaired) electrons. The van der Waals surface area contributed by atoms with Gasteiger partial charge in [-0.1, -0.05) is 31.8 Å². The monoisotopic (exact) mass is 269 g/mol. The molecule has 1 aromatic rings. The van der Waals surface area contributed by atoms with Crippen molar-refractivity contribution in [2.24, 2.45) is 5.92 Å². The smallest absolute Gasteiger partial charge is 0.315 e. The van der Waals surface area contributed by atoms with Gasteiger partial charge in [0.05, 0.1) is 12.6 Å². The predicted octanol–water partition coefficient (Wildman–Crippen LogP) is 1.58. The normalized spacial score (nSPS) is 12.5. The number of aliphatic hydroxyl groups excluding tert-OH is 1. The fraction of sp³-hybridized carbons (Fsp3) is 0.692. The number of nitrogens with zero attached hydrogens (tertiary/aromatic N) is 1. The largest absolute Gasteiger partial charge is 0.391 e. The van der Waals surface area contributed by atoms with E-state index in [0.29, 0.717) is 18.0 Å². The summed E-state index contributed by atoms with van der Waals surface area (Å²) in [5.41, 5.74) is 0.674. The number of aliphatic hydroxyl groups is 1. The lowest BCUT2D eigenvalue weighted by Crippen LogP contribution is -2.41. The molecular weight excluding hydrogens is 246 g/mol. The Morgan fingerprint density at radius 1 is 1.42 bits per heavy atom. The Bertz CT molecular complexity index is 388. The number of rotatable bonds is 7. The van der Waals surface area contributed by atoms with Gasteiger partial charge in [-0.15, -0.1) is 0 Å². The summed E-state index contributed by atoms with van der Waals surface area (Å²) in [6.45, 7) is 6.43.